The van der Waals surface area contributed by atoms with Crippen molar-refractivity contribution in [2.75, 3.05) is 31.2 Å². The zero-order valence-electron chi connectivity index (χ0n) is 9.44. The Morgan fingerprint density at radius 1 is 1.50 bits per heavy atom. The van der Waals surface area contributed by atoms with Crippen LogP contribution in [-0.4, -0.2) is 37.6 Å². The summed E-state index contributed by atoms with van der Waals surface area (Å²) in [4.78, 5) is 18.5. The smallest absolute Gasteiger partial charge is 0.186 e. The average molecular weight is 240 g/mol. The second kappa shape index (κ2) is 5.41. The van der Waals surface area contributed by atoms with Gasteiger partial charge in [0.2, 0.25) is 0 Å². The number of rotatable bonds is 4. The lowest BCUT2D eigenvalue weighted by Crippen LogP contribution is -2.36. The zero-order valence-corrected chi connectivity index (χ0v) is 10.3. The van der Waals surface area contributed by atoms with Crippen LogP contribution in [0.3, 0.4) is 0 Å². The SMILES string of the molecule is CCCc1nc(N2CCOCC2)sc1C=O. The van der Waals surface area contributed by atoms with Gasteiger partial charge >= 0.3 is 0 Å². The molecular weight excluding hydrogens is 224 g/mol. The van der Waals surface area contributed by atoms with E-state index >= 15 is 0 Å². The van der Waals surface area contributed by atoms with Crippen LogP contribution in [0.5, 0.6) is 0 Å². The highest BCUT2D eigenvalue weighted by Crippen LogP contribution is 2.26. The van der Waals surface area contributed by atoms with E-state index in [4.69, 9.17) is 4.74 Å². The minimum Gasteiger partial charge on any atom is -0.378 e. The van der Waals surface area contributed by atoms with Gasteiger partial charge in [0.1, 0.15) is 0 Å². The summed E-state index contributed by atoms with van der Waals surface area (Å²) >= 11 is 1.50. The van der Waals surface area contributed by atoms with Crippen molar-refractivity contribution in [2.24, 2.45) is 0 Å². The molecule has 0 spiro atoms. The quantitative estimate of drug-likeness (QED) is 0.752. The summed E-state index contributed by atoms with van der Waals surface area (Å²) in [6, 6.07) is 0. The van der Waals surface area contributed by atoms with Crippen LogP contribution in [0.2, 0.25) is 0 Å². The number of carbonyl (C=O) groups excluding carboxylic acids is 1. The van der Waals surface area contributed by atoms with Crippen LogP contribution < -0.4 is 4.90 Å². The molecule has 0 radical (unpaired) electrons. The van der Waals surface area contributed by atoms with Crippen LogP contribution in [0.4, 0.5) is 5.13 Å². The third-order valence-electron chi connectivity index (χ3n) is 2.59. The molecule has 0 aromatic carbocycles. The molecule has 0 amide bonds. The third kappa shape index (κ3) is 2.41. The summed E-state index contributed by atoms with van der Waals surface area (Å²) in [6.45, 7) is 5.34. The van der Waals surface area contributed by atoms with Crippen molar-refractivity contribution in [1.29, 1.82) is 0 Å². The number of ether oxygens (including phenoxy) is 1. The second-order valence-electron chi connectivity index (χ2n) is 3.77. The fourth-order valence-corrected chi connectivity index (χ4v) is 2.73. The first-order valence-electron chi connectivity index (χ1n) is 5.62. The Labute approximate surface area is 99.2 Å². The summed E-state index contributed by atoms with van der Waals surface area (Å²) in [5, 5.41) is 0.967. The molecule has 1 aromatic heterocycles. The van der Waals surface area contributed by atoms with Gasteiger partial charge in [0.15, 0.2) is 11.4 Å². The molecule has 0 unspecified atom stereocenters. The van der Waals surface area contributed by atoms with E-state index in [0.29, 0.717) is 0 Å². The summed E-state index contributed by atoms with van der Waals surface area (Å²) in [5.74, 6) is 0. The van der Waals surface area contributed by atoms with Crippen molar-refractivity contribution in [3.8, 4) is 0 Å². The number of aromatic nitrogens is 1. The molecule has 88 valence electrons. The molecule has 1 saturated heterocycles. The highest BCUT2D eigenvalue weighted by molar-refractivity contribution is 7.17. The van der Waals surface area contributed by atoms with E-state index in [1.807, 2.05) is 0 Å². The molecule has 5 heteroatoms. The van der Waals surface area contributed by atoms with Crippen LogP contribution in [-0.2, 0) is 11.2 Å². The van der Waals surface area contributed by atoms with E-state index < -0.39 is 0 Å². The summed E-state index contributed by atoms with van der Waals surface area (Å²) in [7, 11) is 0. The molecule has 1 aromatic rings. The third-order valence-corrected chi connectivity index (χ3v) is 3.68. The normalized spacial score (nSPS) is 16.4. The molecule has 4 nitrogen and oxygen atoms in total. The molecule has 2 rings (SSSR count). The van der Waals surface area contributed by atoms with Crippen molar-refractivity contribution >= 4 is 22.8 Å². The molecule has 0 saturated carbocycles. The van der Waals surface area contributed by atoms with Crippen molar-refractivity contribution in [3.05, 3.63) is 10.6 Å². The maximum absolute atomic E-state index is 10.9. The summed E-state index contributed by atoms with van der Waals surface area (Å²) < 4.78 is 5.30. The lowest BCUT2D eigenvalue weighted by molar-refractivity contribution is 0.112. The van der Waals surface area contributed by atoms with Crippen molar-refractivity contribution in [2.45, 2.75) is 19.8 Å². The summed E-state index contributed by atoms with van der Waals surface area (Å²) in [6.07, 6.45) is 2.83. The molecule has 1 aliphatic rings. The van der Waals surface area contributed by atoms with E-state index in [1.54, 1.807) is 0 Å². The predicted octanol–water partition coefficient (Wildman–Crippen LogP) is 1.74. The van der Waals surface area contributed by atoms with Gasteiger partial charge in [-0.15, -0.1) is 0 Å². The molecule has 1 aliphatic heterocycles. The molecular formula is C11H16N2O2S. The number of hydrogen-bond donors (Lipinski definition) is 0. The topological polar surface area (TPSA) is 42.4 Å². The van der Waals surface area contributed by atoms with Gasteiger partial charge in [0.25, 0.3) is 0 Å². The number of aryl methyl sites for hydroxylation is 1. The number of aldehydes is 1. The van der Waals surface area contributed by atoms with E-state index in [1.165, 1.54) is 11.3 Å². The van der Waals surface area contributed by atoms with E-state index in [9.17, 15) is 4.79 Å². The Hall–Kier alpha value is -0.940. The van der Waals surface area contributed by atoms with E-state index in [0.717, 1.165) is 61.1 Å². The van der Waals surface area contributed by atoms with Crippen molar-refractivity contribution in [1.82, 2.24) is 4.98 Å². The van der Waals surface area contributed by atoms with Gasteiger partial charge in [0.05, 0.1) is 23.8 Å². The first-order valence-corrected chi connectivity index (χ1v) is 6.44. The standard InChI is InChI=1S/C11H16N2O2S/c1-2-3-9-10(8-14)16-11(12-9)13-4-6-15-7-5-13/h8H,2-7H2,1H3. The van der Waals surface area contributed by atoms with E-state index in [-0.39, 0.29) is 0 Å². The van der Waals surface area contributed by atoms with Crippen molar-refractivity contribution in [3.63, 3.8) is 0 Å². The van der Waals surface area contributed by atoms with Gasteiger partial charge in [-0.2, -0.15) is 0 Å². The zero-order chi connectivity index (χ0) is 11.4. The van der Waals surface area contributed by atoms with Crippen LogP contribution >= 0.6 is 11.3 Å². The number of anilines is 1. The van der Waals surface area contributed by atoms with Crippen LogP contribution in [0.25, 0.3) is 0 Å². The molecule has 1 fully saturated rings. The highest BCUT2D eigenvalue weighted by atomic mass is 32.1. The fraction of sp³-hybridized carbons (Fsp3) is 0.636. The fourth-order valence-electron chi connectivity index (χ4n) is 1.75. The monoisotopic (exact) mass is 240 g/mol. The Kier molecular flexibility index (Phi) is 3.90. The Morgan fingerprint density at radius 2 is 2.25 bits per heavy atom. The number of morpholine rings is 1. The van der Waals surface area contributed by atoms with Crippen molar-refractivity contribution < 1.29 is 9.53 Å². The predicted molar refractivity (Wildman–Crippen MR) is 64.5 cm³/mol. The van der Waals surface area contributed by atoms with Gasteiger partial charge in [-0.3, -0.25) is 4.79 Å². The number of hydrogen-bond acceptors (Lipinski definition) is 5. The first-order chi connectivity index (χ1) is 7.85. The maximum atomic E-state index is 10.9. The minimum atomic E-state index is 0.749. The average Bonchev–Trinajstić information content (AvgIpc) is 2.74. The maximum Gasteiger partial charge on any atom is 0.186 e. The number of carbonyl (C=O) groups is 1. The first kappa shape index (κ1) is 11.5. The second-order valence-corrected chi connectivity index (χ2v) is 4.78. The Bertz CT molecular complexity index is 359. The summed E-state index contributed by atoms with van der Waals surface area (Å²) in [5.41, 5.74) is 0.948. The Morgan fingerprint density at radius 3 is 2.88 bits per heavy atom. The number of nitrogens with zero attached hydrogens (tertiary/aromatic N) is 2. The molecule has 0 N–H and O–H groups in total. The van der Waals surface area contributed by atoms with Crippen LogP contribution in [0.15, 0.2) is 0 Å². The van der Waals surface area contributed by atoms with Crippen LogP contribution in [0.1, 0.15) is 28.7 Å². The lowest BCUT2D eigenvalue weighted by atomic mass is 10.2. The van der Waals surface area contributed by atoms with Gasteiger partial charge in [-0.05, 0) is 6.42 Å². The minimum absolute atomic E-state index is 0.749. The molecule has 0 atom stereocenters. The van der Waals surface area contributed by atoms with Gasteiger partial charge in [0, 0.05) is 13.1 Å². The Balaban J connectivity index is 2.17. The van der Waals surface area contributed by atoms with Crippen LogP contribution in [0, 0.1) is 0 Å². The van der Waals surface area contributed by atoms with E-state index in [2.05, 4.69) is 16.8 Å². The highest BCUT2D eigenvalue weighted by Gasteiger charge is 2.17. The van der Waals surface area contributed by atoms with Gasteiger partial charge in [-0.1, -0.05) is 24.7 Å². The molecule has 0 aliphatic carbocycles. The molecule has 16 heavy (non-hydrogen) atoms. The number of thiazole rings is 1. The molecule has 2 heterocycles. The molecule has 0 bridgehead atoms. The van der Waals surface area contributed by atoms with Gasteiger partial charge in [-0.25, -0.2) is 4.98 Å². The lowest BCUT2D eigenvalue weighted by Gasteiger charge is -2.26. The largest absolute Gasteiger partial charge is 0.378 e. The van der Waals surface area contributed by atoms with Gasteiger partial charge < -0.3 is 9.64 Å².